The molecule has 0 aliphatic heterocycles. The molecule has 0 aliphatic carbocycles. The van der Waals surface area contributed by atoms with Gasteiger partial charge in [-0.3, -0.25) is 0 Å². The first-order chi connectivity index (χ1) is 9.42. The van der Waals surface area contributed by atoms with Gasteiger partial charge in [-0.05, 0) is 12.1 Å². The van der Waals surface area contributed by atoms with Gasteiger partial charge in [0.15, 0.2) is 5.13 Å². The van der Waals surface area contributed by atoms with Crippen LogP contribution in [-0.2, 0) is 18.0 Å². The summed E-state index contributed by atoms with van der Waals surface area (Å²) in [4.78, 5) is 0.809. The van der Waals surface area contributed by atoms with Gasteiger partial charge in [0.1, 0.15) is 13.3 Å². The van der Waals surface area contributed by atoms with E-state index in [0.29, 0.717) is 12.2 Å². The van der Waals surface area contributed by atoms with E-state index in [1.807, 2.05) is 0 Å². The SMILES string of the molecule is Fc1ccc(CNc2cnn(COCC(F)(F)F)c2)s1. The fraction of sp³-hybridized carbons (Fsp3) is 0.364. The fourth-order valence-electron chi connectivity index (χ4n) is 1.42. The van der Waals surface area contributed by atoms with Crippen molar-refractivity contribution >= 4 is 17.0 Å². The molecule has 0 aliphatic rings. The summed E-state index contributed by atoms with van der Waals surface area (Å²) in [5, 5.41) is 6.56. The van der Waals surface area contributed by atoms with Crippen LogP contribution in [-0.4, -0.2) is 22.6 Å². The molecule has 20 heavy (non-hydrogen) atoms. The summed E-state index contributed by atoms with van der Waals surface area (Å²) >= 11 is 1.02. The topological polar surface area (TPSA) is 39.1 Å². The molecule has 0 radical (unpaired) electrons. The van der Waals surface area contributed by atoms with Gasteiger partial charge in [-0.1, -0.05) is 0 Å². The Hall–Kier alpha value is -1.61. The van der Waals surface area contributed by atoms with Crippen molar-refractivity contribution in [3.63, 3.8) is 0 Å². The van der Waals surface area contributed by atoms with E-state index in [1.54, 1.807) is 6.07 Å². The Kier molecular flexibility index (Phi) is 4.61. The largest absolute Gasteiger partial charge is 0.411 e. The molecule has 2 rings (SSSR count). The fourth-order valence-corrected chi connectivity index (χ4v) is 2.08. The number of halogens is 4. The zero-order valence-electron chi connectivity index (χ0n) is 10.2. The average Bonchev–Trinajstić information content (AvgIpc) is 2.94. The zero-order valence-corrected chi connectivity index (χ0v) is 11.0. The Morgan fingerprint density at radius 1 is 1.35 bits per heavy atom. The van der Waals surface area contributed by atoms with Crippen molar-refractivity contribution in [2.45, 2.75) is 19.5 Å². The first-order valence-electron chi connectivity index (χ1n) is 5.57. The van der Waals surface area contributed by atoms with Gasteiger partial charge in [-0.15, -0.1) is 11.3 Å². The highest BCUT2D eigenvalue weighted by atomic mass is 32.1. The maximum Gasteiger partial charge on any atom is 0.411 e. The summed E-state index contributed by atoms with van der Waals surface area (Å²) in [7, 11) is 0. The highest BCUT2D eigenvalue weighted by molar-refractivity contribution is 7.10. The predicted molar refractivity (Wildman–Crippen MR) is 65.8 cm³/mol. The summed E-state index contributed by atoms with van der Waals surface area (Å²) in [5.41, 5.74) is 0.620. The van der Waals surface area contributed by atoms with Crippen molar-refractivity contribution in [3.8, 4) is 0 Å². The summed E-state index contributed by atoms with van der Waals surface area (Å²) in [6, 6.07) is 3.03. The van der Waals surface area contributed by atoms with Crippen molar-refractivity contribution in [3.05, 3.63) is 34.5 Å². The van der Waals surface area contributed by atoms with Crippen LogP contribution in [0.5, 0.6) is 0 Å². The minimum atomic E-state index is -4.35. The van der Waals surface area contributed by atoms with E-state index >= 15 is 0 Å². The van der Waals surface area contributed by atoms with E-state index in [0.717, 1.165) is 16.2 Å². The van der Waals surface area contributed by atoms with E-state index in [2.05, 4.69) is 15.2 Å². The Labute approximate surface area is 116 Å². The summed E-state index contributed by atoms with van der Waals surface area (Å²) in [6.45, 7) is -1.18. The highest BCUT2D eigenvalue weighted by Crippen LogP contribution is 2.17. The molecule has 0 bridgehead atoms. The molecule has 0 aromatic carbocycles. The quantitative estimate of drug-likeness (QED) is 0.833. The smallest absolute Gasteiger partial charge is 0.378 e. The number of ether oxygens (including phenoxy) is 1. The van der Waals surface area contributed by atoms with Crippen molar-refractivity contribution < 1.29 is 22.3 Å². The molecule has 0 fully saturated rings. The van der Waals surface area contributed by atoms with Gasteiger partial charge in [-0.2, -0.15) is 22.7 Å². The first kappa shape index (κ1) is 14.8. The van der Waals surface area contributed by atoms with Crippen LogP contribution in [0.4, 0.5) is 23.2 Å². The molecule has 1 N–H and O–H groups in total. The number of alkyl halides is 3. The number of anilines is 1. The third-order valence-electron chi connectivity index (χ3n) is 2.22. The monoisotopic (exact) mass is 309 g/mol. The summed E-state index contributed by atoms with van der Waals surface area (Å²) < 4.78 is 54.1. The average molecular weight is 309 g/mol. The second-order valence-electron chi connectivity index (χ2n) is 3.92. The van der Waals surface area contributed by atoms with E-state index in [9.17, 15) is 17.6 Å². The van der Waals surface area contributed by atoms with Crippen LogP contribution in [0.25, 0.3) is 0 Å². The Morgan fingerprint density at radius 2 is 2.15 bits per heavy atom. The van der Waals surface area contributed by atoms with E-state index in [1.165, 1.54) is 23.1 Å². The third-order valence-corrected chi connectivity index (χ3v) is 3.09. The van der Waals surface area contributed by atoms with Gasteiger partial charge in [0.05, 0.1) is 18.1 Å². The number of hydrogen-bond acceptors (Lipinski definition) is 4. The number of thiophene rings is 1. The maximum absolute atomic E-state index is 12.8. The van der Waals surface area contributed by atoms with E-state index in [4.69, 9.17) is 0 Å². The Bertz CT molecular complexity index is 552. The van der Waals surface area contributed by atoms with Gasteiger partial charge in [0, 0.05) is 11.4 Å². The molecule has 0 amide bonds. The van der Waals surface area contributed by atoms with Crippen LogP contribution >= 0.6 is 11.3 Å². The summed E-state index contributed by atoms with van der Waals surface area (Å²) in [5.74, 6) is 0. The third kappa shape index (κ3) is 4.82. The van der Waals surface area contributed by atoms with E-state index < -0.39 is 12.8 Å². The minimum absolute atomic E-state index is 0.266. The van der Waals surface area contributed by atoms with Crippen LogP contribution in [0.1, 0.15) is 4.88 Å². The van der Waals surface area contributed by atoms with Crippen LogP contribution in [0.2, 0.25) is 0 Å². The lowest BCUT2D eigenvalue weighted by molar-refractivity contribution is -0.182. The van der Waals surface area contributed by atoms with Gasteiger partial charge >= 0.3 is 6.18 Å². The molecule has 2 aromatic heterocycles. The van der Waals surface area contributed by atoms with Gasteiger partial charge < -0.3 is 10.1 Å². The van der Waals surface area contributed by atoms with Crippen molar-refractivity contribution in [1.29, 1.82) is 0 Å². The lowest BCUT2D eigenvalue weighted by atomic mass is 10.4. The minimum Gasteiger partial charge on any atom is -0.378 e. The molecule has 110 valence electrons. The molecule has 0 atom stereocenters. The van der Waals surface area contributed by atoms with Crippen LogP contribution < -0.4 is 5.32 Å². The van der Waals surface area contributed by atoms with Crippen molar-refractivity contribution in [2.24, 2.45) is 0 Å². The van der Waals surface area contributed by atoms with Crippen LogP contribution in [0.3, 0.4) is 0 Å². The zero-order chi connectivity index (χ0) is 14.6. The second-order valence-corrected chi connectivity index (χ2v) is 5.04. The van der Waals surface area contributed by atoms with Crippen molar-refractivity contribution in [1.82, 2.24) is 9.78 Å². The summed E-state index contributed by atoms with van der Waals surface area (Å²) in [6.07, 6.45) is -1.38. The number of nitrogens with one attached hydrogen (secondary N) is 1. The predicted octanol–water partition coefficient (Wildman–Crippen LogP) is 3.23. The highest BCUT2D eigenvalue weighted by Gasteiger charge is 2.27. The van der Waals surface area contributed by atoms with Crippen LogP contribution in [0, 0.1) is 5.13 Å². The number of nitrogens with zero attached hydrogens (tertiary/aromatic N) is 2. The van der Waals surface area contributed by atoms with Gasteiger partial charge in [0.25, 0.3) is 0 Å². The van der Waals surface area contributed by atoms with Gasteiger partial charge in [0.2, 0.25) is 0 Å². The number of hydrogen-bond donors (Lipinski definition) is 1. The molecule has 4 nitrogen and oxygen atoms in total. The lowest BCUT2D eigenvalue weighted by Gasteiger charge is -2.07. The molecule has 9 heteroatoms. The van der Waals surface area contributed by atoms with Crippen LogP contribution in [0.15, 0.2) is 24.5 Å². The lowest BCUT2D eigenvalue weighted by Crippen LogP contribution is -2.18. The number of aromatic nitrogens is 2. The molecule has 2 aromatic rings. The van der Waals surface area contributed by atoms with Crippen molar-refractivity contribution in [2.75, 3.05) is 11.9 Å². The molecule has 0 spiro atoms. The molecule has 2 heterocycles. The first-order valence-corrected chi connectivity index (χ1v) is 6.39. The molecule has 0 saturated heterocycles. The Morgan fingerprint density at radius 3 is 2.80 bits per heavy atom. The standard InChI is InChI=1S/C11H11F4N3OS/c12-10-2-1-9(20-10)4-16-8-3-17-18(5-8)7-19-6-11(13,14)15/h1-3,5,16H,4,6-7H2. The molecule has 0 saturated carbocycles. The molecular weight excluding hydrogens is 298 g/mol. The Balaban J connectivity index is 1.77. The maximum atomic E-state index is 12.8. The normalized spacial score (nSPS) is 11.8. The molecular formula is C11H11F4N3OS. The van der Waals surface area contributed by atoms with E-state index in [-0.39, 0.29) is 11.9 Å². The molecule has 0 unspecified atom stereocenters. The van der Waals surface area contributed by atoms with Gasteiger partial charge in [-0.25, -0.2) is 4.68 Å². The number of rotatable bonds is 6. The second kappa shape index (κ2) is 6.23.